The van der Waals surface area contributed by atoms with Crippen LogP contribution in [0.1, 0.15) is 22.8 Å². The Hall–Kier alpha value is -1.49. The maximum Gasteiger partial charge on any atom is 0.341 e. The standard InChI is InChI=1S/C10H11F2NO2/c1-2-15-10(14)7-4-8(11)6(5-13)3-9(7)12/h3-4H,2,5,13H2,1H3. The van der Waals surface area contributed by atoms with Crippen molar-refractivity contribution in [2.75, 3.05) is 6.61 Å². The molecule has 3 nitrogen and oxygen atoms in total. The smallest absolute Gasteiger partial charge is 0.341 e. The van der Waals surface area contributed by atoms with E-state index in [1.807, 2.05) is 0 Å². The first-order valence-electron chi connectivity index (χ1n) is 4.45. The van der Waals surface area contributed by atoms with Crippen LogP contribution in [0.15, 0.2) is 12.1 Å². The van der Waals surface area contributed by atoms with E-state index in [2.05, 4.69) is 4.74 Å². The van der Waals surface area contributed by atoms with Gasteiger partial charge in [-0.15, -0.1) is 0 Å². The second-order valence-corrected chi connectivity index (χ2v) is 2.85. The van der Waals surface area contributed by atoms with Gasteiger partial charge in [-0.25, -0.2) is 13.6 Å². The molecule has 0 saturated carbocycles. The van der Waals surface area contributed by atoms with Crippen molar-refractivity contribution in [3.8, 4) is 0 Å². The zero-order valence-corrected chi connectivity index (χ0v) is 8.22. The van der Waals surface area contributed by atoms with Gasteiger partial charge in [-0.2, -0.15) is 0 Å². The van der Waals surface area contributed by atoms with Crippen molar-refractivity contribution in [2.45, 2.75) is 13.5 Å². The quantitative estimate of drug-likeness (QED) is 0.779. The molecule has 0 fully saturated rings. The highest BCUT2D eigenvalue weighted by atomic mass is 19.1. The molecule has 5 heteroatoms. The third-order valence-corrected chi connectivity index (χ3v) is 1.85. The van der Waals surface area contributed by atoms with Gasteiger partial charge in [-0.1, -0.05) is 0 Å². The Morgan fingerprint density at radius 2 is 2.07 bits per heavy atom. The highest BCUT2D eigenvalue weighted by Crippen LogP contribution is 2.15. The maximum absolute atomic E-state index is 13.3. The Bertz CT molecular complexity index is 380. The van der Waals surface area contributed by atoms with Gasteiger partial charge in [0.25, 0.3) is 0 Å². The van der Waals surface area contributed by atoms with Crippen LogP contribution >= 0.6 is 0 Å². The molecule has 0 heterocycles. The van der Waals surface area contributed by atoms with E-state index in [1.54, 1.807) is 6.92 Å². The summed E-state index contributed by atoms with van der Waals surface area (Å²) in [6, 6.07) is 1.71. The van der Waals surface area contributed by atoms with Crippen molar-refractivity contribution >= 4 is 5.97 Å². The van der Waals surface area contributed by atoms with Crippen molar-refractivity contribution in [3.63, 3.8) is 0 Å². The van der Waals surface area contributed by atoms with Gasteiger partial charge in [0.15, 0.2) is 0 Å². The normalized spacial score (nSPS) is 10.1. The van der Waals surface area contributed by atoms with E-state index in [0.717, 1.165) is 12.1 Å². The fourth-order valence-electron chi connectivity index (χ4n) is 1.11. The summed E-state index contributed by atoms with van der Waals surface area (Å²) in [5.41, 5.74) is 4.80. The number of hydrogen-bond acceptors (Lipinski definition) is 3. The summed E-state index contributed by atoms with van der Waals surface area (Å²) in [7, 11) is 0. The van der Waals surface area contributed by atoms with Gasteiger partial charge < -0.3 is 10.5 Å². The summed E-state index contributed by atoms with van der Waals surface area (Å²) < 4.78 is 31.0. The third-order valence-electron chi connectivity index (χ3n) is 1.85. The average molecular weight is 215 g/mol. The van der Waals surface area contributed by atoms with Crippen LogP contribution in [0.4, 0.5) is 8.78 Å². The van der Waals surface area contributed by atoms with E-state index in [-0.39, 0.29) is 18.7 Å². The Morgan fingerprint density at radius 1 is 1.40 bits per heavy atom. The number of benzene rings is 1. The van der Waals surface area contributed by atoms with Gasteiger partial charge in [0.2, 0.25) is 0 Å². The van der Waals surface area contributed by atoms with E-state index in [0.29, 0.717) is 0 Å². The number of carbonyl (C=O) groups excluding carboxylic acids is 1. The lowest BCUT2D eigenvalue weighted by Crippen LogP contribution is -2.10. The molecular formula is C10H11F2NO2. The van der Waals surface area contributed by atoms with Gasteiger partial charge in [-0.3, -0.25) is 0 Å². The topological polar surface area (TPSA) is 52.3 Å². The second-order valence-electron chi connectivity index (χ2n) is 2.85. The van der Waals surface area contributed by atoms with Crippen LogP contribution in [-0.4, -0.2) is 12.6 Å². The van der Waals surface area contributed by atoms with Crippen molar-refractivity contribution in [2.24, 2.45) is 5.73 Å². The van der Waals surface area contributed by atoms with Crippen LogP contribution in [0.3, 0.4) is 0 Å². The molecule has 0 spiro atoms. The number of carbonyl (C=O) groups is 1. The number of esters is 1. The van der Waals surface area contributed by atoms with Gasteiger partial charge >= 0.3 is 5.97 Å². The summed E-state index contributed by atoms with van der Waals surface area (Å²) in [4.78, 5) is 11.2. The lowest BCUT2D eigenvalue weighted by molar-refractivity contribution is 0.0520. The summed E-state index contributed by atoms with van der Waals surface area (Å²) in [6.45, 7) is 1.57. The summed E-state index contributed by atoms with van der Waals surface area (Å²) in [6.07, 6.45) is 0. The number of hydrogen-bond donors (Lipinski definition) is 1. The summed E-state index contributed by atoms with van der Waals surface area (Å²) in [5.74, 6) is -2.41. The monoisotopic (exact) mass is 215 g/mol. The molecule has 0 radical (unpaired) electrons. The number of nitrogens with two attached hydrogens (primary N) is 1. The Morgan fingerprint density at radius 3 is 2.60 bits per heavy atom. The molecule has 0 amide bonds. The molecule has 1 aromatic carbocycles. The Kier molecular flexibility index (Phi) is 3.74. The maximum atomic E-state index is 13.3. The minimum Gasteiger partial charge on any atom is -0.462 e. The third kappa shape index (κ3) is 2.50. The SMILES string of the molecule is CCOC(=O)c1cc(F)c(CN)cc1F. The van der Waals surface area contributed by atoms with Crippen LogP contribution in [-0.2, 0) is 11.3 Å². The minimum absolute atomic E-state index is 0.0283. The van der Waals surface area contributed by atoms with E-state index in [1.165, 1.54) is 0 Å². The van der Waals surface area contributed by atoms with E-state index < -0.39 is 23.2 Å². The van der Waals surface area contributed by atoms with Crippen LogP contribution in [0.2, 0.25) is 0 Å². The first-order valence-corrected chi connectivity index (χ1v) is 4.45. The predicted octanol–water partition coefficient (Wildman–Crippen LogP) is 1.60. The molecule has 0 bridgehead atoms. The molecule has 1 aromatic rings. The molecule has 0 aliphatic heterocycles. The lowest BCUT2D eigenvalue weighted by atomic mass is 10.1. The van der Waals surface area contributed by atoms with Crippen LogP contribution in [0.5, 0.6) is 0 Å². The molecule has 15 heavy (non-hydrogen) atoms. The lowest BCUT2D eigenvalue weighted by Gasteiger charge is -2.05. The van der Waals surface area contributed by atoms with Crippen molar-refractivity contribution in [3.05, 3.63) is 34.9 Å². The van der Waals surface area contributed by atoms with Gasteiger partial charge in [0, 0.05) is 12.1 Å². The second kappa shape index (κ2) is 4.84. The Labute approximate surface area is 85.8 Å². The van der Waals surface area contributed by atoms with Crippen molar-refractivity contribution in [1.29, 1.82) is 0 Å². The zero-order valence-electron chi connectivity index (χ0n) is 8.22. The molecule has 0 aromatic heterocycles. The molecule has 1 rings (SSSR count). The van der Waals surface area contributed by atoms with Crippen LogP contribution in [0.25, 0.3) is 0 Å². The van der Waals surface area contributed by atoms with Gasteiger partial charge in [-0.05, 0) is 19.1 Å². The first kappa shape index (κ1) is 11.6. The number of rotatable bonds is 3. The fraction of sp³-hybridized carbons (Fsp3) is 0.300. The van der Waals surface area contributed by atoms with Crippen molar-refractivity contribution in [1.82, 2.24) is 0 Å². The number of ether oxygens (including phenoxy) is 1. The average Bonchev–Trinajstić information content (AvgIpc) is 2.21. The minimum atomic E-state index is -0.877. The van der Waals surface area contributed by atoms with Crippen LogP contribution in [0, 0.1) is 11.6 Å². The summed E-state index contributed by atoms with van der Waals surface area (Å²) >= 11 is 0. The molecule has 82 valence electrons. The molecule has 0 atom stereocenters. The first-order chi connectivity index (χ1) is 7.10. The van der Waals surface area contributed by atoms with Crippen LogP contribution < -0.4 is 5.73 Å². The molecule has 0 aliphatic carbocycles. The van der Waals surface area contributed by atoms with E-state index >= 15 is 0 Å². The Balaban J connectivity index is 3.10. The summed E-state index contributed by atoms with van der Waals surface area (Å²) in [5, 5.41) is 0. The molecule has 0 aliphatic rings. The largest absolute Gasteiger partial charge is 0.462 e. The zero-order chi connectivity index (χ0) is 11.4. The van der Waals surface area contributed by atoms with E-state index in [4.69, 9.17) is 5.73 Å². The molecule has 2 N–H and O–H groups in total. The molecule has 0 saturated heterocycles. The molecular weight excluding hydrogens is 204 g/mol. The predicted molar refractivity (Wildman–Crippen MR) is 50.2 cm³/mol. The number of halogens is 2. The highest BCUT2D eigenvalue weighted by Gasteiger charge is 2.16. The highest BCUT2D eigenvalue weighted by molar-refractivity contribution is 5.89. The van der Waals surface area contributed by atoms with Gasteiger partial charge in [0.05, 0.1) is 12.2 Å². The molecule has 0 unspecified atom stereocenters. The van der Waals surface area contributed by atoms with Crippen molar-refractivity contribution < 1.29 is 18.3 Å². The van der Waals surface area contributed by atoms with Gasteiger partial charge in [0.1, 0.15) is 11.6 Å². The van der Waals surface area contributed by atoms with E-state index in [9.17, 15) is 13.6 Å². The fourth-order valence-corrected chi connectivity index (χ4v) is 1.11.